The van der Waals surface area contributed by atoms with Crippen LogP contribution in [-0.2, 0) is 6.61 Å². The molecular formula is C29H33N5OS. The minimum absolute atomic E-state index is 0.194. The first kappa shape index (κ1) is 25.5. The van der Waals surface area contributed by atoms with E-state index >= 15 is 0 Å². The van der Waals surface area contributed by atoms with Crippen LogP contribution in [-0.4, -0.2) is 28.3 Å². The summed E-state index contributed by atoms with van der Waals surface area (Å²) in [6, 6.07) is 28.6. The molecule has 7 heteroatoms. The standard InChI is InChI=1S/C29H33N5OS/c1-4-25(33-34-26-17-11-12-18-27(26)35-20-23-13-7-5-8-14-23)21(2)32-30-19-28-31-29(22(3)36-28)24-15-9-6-10-16-24/h5-18,22,29-30,34H,4,19-20H2,1-3H3/b32-21-,33-25-. The third-order valence-corrected chi connectivity index (χ3v) is 7.01. The summed E-state index contributed by atoms with van der Waals surface area (Å²) in [5.41, 5.74) is 11.3. The number of thioether (sulfide) groups is 1. The van der Waals surface area contributed by atoms with E-state index in [-0.39, 0.29) is 6.04 Å². The maximum atomic E-state index is 6.03. The highest BCUT2D eigenvalue weighted by Gasteiger charge is 2.27. The van der Waals surface area contributed by atoms with Gasteiger partial charge in [-0.1, -0.05) is 86.6 Å². The van der Waals surface area contributed by atoms with E-state index in [0.717, 1.165) is 39.9 Å². The second-order valence-electron chi connectivity index (χ2n) is 8.53. The maximum absolute atomic E-state index is 6.03. The summed E-state index contributed by atoms with van der Waals surface area (Å²) in [5.74, 6) is 0.756. The zero-order chi connectivity index (χ0) is 25.2. The van der Waals surface area contributed by atoms with Crippen LogP contribution < -0.4 is 15.6 Å². The molecule has 0 saturated carbocycles. The SMILES string of the molecule is CCC(=N/Nc1ccccc1OCc1ccccc1)/C(C)=N\NCC1=NC(c2ccccc2)C(C)S1. The van der Waals surface area contributed by atoms with E-state index in [4.69, 9.17) is 9.73 Å². The summed E-state index contributed by atoms with van der Waals surface area (Å²) >= 11 is 1.81. The molecule has 0 aliphatic carbocycles. The van der Waals surface area contributed by atoms with Crippen molar-refractivity contribution >= 4 is 33.9 Å². The highest BCUT2D eigenvalue weighted by atomic mass is 32.2. The molecule has 4 rings (SSSR count). The smallest absolute Gasteiger partial charge is 0.144 e. The molecule has 1 aliphatic rings. The Kier molecular flexibility index (Phi) is 9.16. The Morgan fingerprint density at radius 1 is 0.944 bits per heavy atom. The van der Waals surface area contributed by atoms with E-state index in [1.165, 1.54) is 5.56 Å². The van der Waals surface area contributed by atoms with Crippen LogP contribution in [0.25, 0.3) is 0 Å². The first-order valence-electron chi connectivity index (χ1n) is 12.3. The Hall–Kier alpha value is -3.58. The van der Waals surface area contributed by atoms with Gasteiger partial charge in [0.15, 0.2) is 0 Å². The molecule has 2 N–H and O–H groups in total. The molecule has 2 atom stereocenters. The van der Waals surface area contributed by atoms with Crippen molar-refractivity contribution in [1.29, 1.82) is 0 Å². The lowest BCUT2D eigenvalue weighted by Gasteiger charge is -2.12. The topological polar surface area (TPSA) is 70.4 Å². The second-order valence-corrected chi connectivity index (χ2v) is 9.98. The first-order chi connectivity index (χ1) is 17.6. The number of hydrogen-bond acceptors (Lipinski definition) is 7. The zero-order valence-corrected chi connectivity index (χ0v) is 21.8. The molecular weight excluding hydrogens is 466 g/mol. The molecule has 0 aromatic heterocycles. The predicted octanol–water partition coefficient (Wildman–Crippen LogP) is 6.68. The molecule has 0 fully saturated rings. The van der Waals surface area contributed by atoms with Crippen molar-refractivity contribution in [2.24, 2.45) is 15.2 Å². The molecule has 36 heavy (non-hydrogen) atoms. The number of hydrogen-bond donors (Lipinski definition) is 2. The number of benzene rings is 3. The van der Waals surface area contributed by atoms with E-state index in [1.807, 2.05) is 79.3 Å². The minimum Gasteiger partial charge on any atom is -0.487 e. The molecule has 3 aromatic carbocycles. The molecule has 1 aliphatic heterocycles. The van der Waals surface area contributed by atoms with Crippen molar-refractivity contribution in [3.05, 3.63) is 96.1 Å². The summed E-state index contributed by atoms with van der Waals surface area (Å²) in [4.78, 5) is 4.92. The Labute approximate surface area is 218 Å². The molecule has 1 heterocycles. The Morgan fingerprint density at radius 2 is 1.64 bits per heavy atom. The number of anilines is 1. The summed E-state index contributed by atoms with van der Waals surface area (Å²) < 4.78 is 6.03. The molecule has 6 nitrogen and oxygen atoms in total. The lowest BCUT2D eigenvalue weighted by molar-refractivity contribution is 0.307. The van der Waals surface area contributed by atoms with Gasteiger partial charge in [-0.3, -0.25) is 10.4 Å². The lowest BCUT2D eigenvalue weighted by Crippen LogP contribution is -2.20. The van der Waals surface area contributed by atoms with E-state index in [1.54, 1.807) is 0 Å². The fourth-order valence-electron chi connectivity index (χ4n) is 3.91. The number of ether oxygens (including phenoxy) is 1. The van der Waals surface area contributed by atoms with Gasteiger partial charge in [-0.2, -0.15) is 10.2 Å². The van der Waals surface area contributed by atoms with Crippen LogP contribution in [0.15, 0.2) is 100 Å². The van der Waals surface area contributed by atoms with Gasteiger partial charge in [0.05, 0.1) is 34.7 Å². The quantitative estimate of drug-likeness (QED) is 0.228. The molecule has 2 unspecified atom stereocenters. The molecule has 0 amide bonds. The van der Waals surface area contributed by atoms with Gasteiger partial charge < -0.3 is 10.2 Å². The van der Waals surface area contributed by atoms with Crippen molar-refractivity contribution in [3.8, 4) is 5.75 Å². The summed E-state index contributed by atoms with van der Waals surface area (Å²) in [7, 11) is 0. The largest absolute Gasteiger partial charge is 0.487 e. The number of rotatable bonds is 11. The van der Waals surface area contributed by atoms with Gasteiger partial charge in [0.2, 0.25) is 0 Å². The Bertz CT molecular complexity index is 1210. The van der Waals surface area contributed by atoms with Crippen LogP contribution in [0.2, 0.25) is 0 Å². The molecule has 3 aromatic rings. The van der Waals surface area contributed by atoms with Crippen molar-refractivity contribution in [2.75, 3.05) is 12.0 Å². The van der Waals surface area contributed by atoms with Gasteiger partial charge in [-0.25, -0.2) is 0 Å². The molecule has 0 bridgehead atoms. The number of nitrogens with zero attached hydrogens (tertiary/aromatic N) is 3. The summed E-state index contributed by atoms with van der Waals surface area (Å²) in [6.45, 7) is 7.37. The second kappa shape index (κ2) is 12.9. The van der Waals surface area contributed by atoms with Crippen LogP contribution in [0, 0.1) is 0 Å². The van der Waals surface area contributed by atoms with Gasteiger partial charge in [0.25, 0.3) is 0 Å². The van der Waals surface area contributed by atoms with Crippen LogP contribution in [0.5, 0.6) is 5.75 Å². The van der Waals surface area contributed by atoms with Crippen molar-refractivity contribution in [2.45, 2.75) is 45.1 Å². The summed E-state index contributed by atoms with van der Waals surface area (Å²) in [6.07, 6.45) is 0.750. The summed E-state index contributed by atoms with van der Waals surface area (Å²) in [5, 5.41) is 10.7. The van der Waals surface area contributed by atoms with Crippen LogP contribution >= 0.6 is 11.8 Å². The van der Waals surface area contributed by atoms with Gasteiger partial charge in [0.1, 0.15) is 12.4 Å². The molecule has 0 spiro atoms. The molecule has 0 radical (unpaired) electrons. The fraction of sp³-hybridized carbons (Fsp3) is 0.276. The maximum Gasteiger partial charge on any atom is 0.144 e. The first-order valence-corrected chi connectivity index (χ1v) is 13.2. The third kappa shape index (κ3) is 6.98. The minimum atomic E-state index is 0.194. The van der Waals surface area contributed by atoms with Crippen molar-refractivity contribution in [1.82, 2.24) is 5.43 Å². The van der Waals surface area contributed by atoms with E-state index in [0.29, 0.717) is 18.4 Å². The zero-order valence-electron chi connectivity index (χ0n) is 21.0. The van der Waals surface area contributed by atoms with E-state index < -0.39 is 0 Å². The molecule has 186 valence electrons. The van der Waals surface area contributed by atoms with Gasteiger partial charge >= 0.3 is 0 Å². The predicted molar refractivity (Wildman–Crippen MR) is 153 cm³/mol. The van der Waals surface area contributed by atoms with Crippen LogP contribution in [0.3, 0.4) is 0 Å². The normalized spacial score (nSPS) is 18.0. The Balaban J connectivity index is 1.34. The number of hydrazone groups is 2. The number of para-hydroxylation sites is 2. The fourth-order valence-corrected chi connectivity index (χ4v) is 5.00. The monoisotopic (exact) mass is 499 g/mol. The highest BCUT2D eigenvalue weighted by Crippen LogP contribution is 2.37. The average Bonchev–Trinajstić information content (AvgIpc) is 3.29. The van der Waals surface area contributed by atoms with Crippen LogP contribution in [0.1, 0.15) is 44.4 Å². The highest BCUT2D eigenvalue weighted by molar-refractivity contribution is 8.14. The van der Waals surface area contributed by atoms with Gasteiger partial charge in [0, 0.05) is 5.25 Å². The molecule has 0 saturated heterocycles. The van der Waals surface area contributed by atoms with Crippen molar-refractivity contribution in [3.63, 3.8) is 0 Å². The van der Waals surface area contributed by atoms with E-state index in [2.05, 4.69) is 59.2 Å². The number of nitrogens with one attached hydrogen (secondary N) is 2. The van der Waals surface area contributed by atoms with Crippen LogP contribution in [0.4, 0.5) is 5.69 Å². The van der Waals surface area contributed by atoms with Gasteiger partial charge in [-0.15, -0.1) is 11.8 Å². The number of aliphatic imine (C=N–C) groups is 1. The average molecular weight is 500 g/mol. The van der Waals surface area contributed by atoms with E-state index in [9.17, 15) is 0 Å². The lowest BCUT2D eigenvalue weighted by atomic mass is 10.1. The van der Waals surface area contributed by atoms with Crippen molar-refractivity contribution < 1.29 is 4.74 Å². The Morgan fingerprint density at radius 3 is 2.39 bits per heavy atom. The van der Waals surface area contributed by atoms with Gasteiger partial charge in [-0.05, 0) is 36.6 Å². The third-order valence-electron chi connectivity index (χ3n) is 5.86.